The summed E-state index contributed by atoms with van der Waals surface area (Å²) in [5, 5.41) is 5.38. The lowest BCUT2D eigenvalue weighted by atomic mass is 10.2. The fraction of sp³-hybridized carbons (Fsp3) is 0.533. The summed E-state index contributed by atoms with van der Waals surface area (Å²) >= 11 is 0. The number of carbonyl (C=O) groups excluding carboxylic acids is 2. The molecule has 7 nitrogen and oxygen atoms in total. The van der Waals surface area contributed by atoms with Crippen molar-refractivity contribution in [1.29, 1.82) is 0 Å². The normalized spacial score (nSPS) is 10.2. The van der Waals surface area contributed by atoms with Gasteiger partial charge in [-0.15, -0.1) is 0 Å². The van der Waals surface area contributed by atoms with Gasteiger partial charge >= 0.3 is 12.0 Å². The Morgan fingerprint density at radius 2 is 2.05 bits per heavy atom. The minimum atomic E-state index is -0.308. The van der Waals surface area contributed by atoms with Crippen molar-refractivity contribution in [3.63, 3.8) is 0 Å². The molecule has 0 aliphatic carbocycles. The number of amides is 2. The van der Waals surface area contributed by atoms with E-state index in [2.05, 4.69) is 20.4 Å². The summed E-state index contributed by atoms with van der Waals surface area (Å²) in [5.74, 6) is 0.281. The van der Waals surface area contributed by atoms with Crippen molar-refractivity contribution < 1.29 is 19.1 Å². The first-order valence-corrected chi connectivity index (χ1v) is 7.25. The molecule has 0 fully saturated rings. The van der Waals surface area contributed by atoms with Crippen molar-refractivity contribution in [2.45, 2.75) is 39.2 Å². The number of pyridine rings is 1. The largest absolute Gasteiger partial charge is 0.475 e. The van der Waals surface area contributed by atoms with Crippen LogP contribution in [0.5, 0.6) is 5.88 Å². The van der Waals surface area contributed by atoms with Crippen molar-refractivity contribution in [2.75, 3.05) is 19.0 Å². The molecule has 0 saturated heterocycles. The fourth-order valence-electron chi connectivity index (χ4n) is 1.64. The number of esters is 1. The standard InChI is InChI=1S/C15H23N3O4/c1-11(2)22-13-8-7-12(10-17-13)18-15(20)16-9-5-4-6-14(19)21-3/h7-8,10-11H,4-6,9H2,1-3H3,(H2,16,18,20). The van der Waals surface area contributed by atoms with E-state index in [0.29, 0.717) is 37.4 Å². The van der Waals surface area contributed by atoms with Crippen LogP contribution in [-0.2, 0) is 9.53 Å². The average Bonchev–Trinajstić information content (AvgIpc) is 2.48. The summed E-state index contributed by atoms with van der Waals surface area (Å²) in [6, 6.07) is 3.12. The van der Waals surface area contributed by atoms with E-state index in [-0.39, 0.29) is 18.1 Å². The lowest BCUT2D eigenvalue weighted by Gasteiger charge is -2.10. The van der Waals surface area contributed by atoms with Crippen molar-refractivity contribution in [2.24, 2.45) is 0 Å². The van der Waals surface area contributed by atoms with Crippen LogP contribution in [0.25, 0.3) is 0 Å². The number of methoxy groups -OCH3 is 1. The second-order valence-electron chi connectivity index (χ2n) is 4.97. The number of carbonyl (C=O) groups is 2. The molecule has 22 heavy (non-hydrogen) atoms. The number of nitrogens with one attached hydrogen (secondary N) is 2. The maximum absolute atomic E-state index is 11.7. The van der Waals surface area contributed by atoms with E-state index in [0.717, 1.165) is 0 Å². The summed E-state index contributed by atoms with van der Waals surface area (Å²) in [6.45, 7) is 4.33. The number of rotatable bonds is 8. The number of urea groups is 1. The highest BCUT2D eigenvalue weighted by molar-refractivity contribution is 5.88. The van der Waals surface area contributed by atoms with Gasteiger partial charge in [0.1, 0.15) is 0 Å². The van der Waals surface area contributed by atoms with Crippen LogP contribution in [0.15, 0.2) is 18.3 Å². The first kappa shape index (κ1) is 17.7. The zero-order valence-electron chi connectivity index (χ0n) is 13.2. The molecule has 0 radical (unpaired) electrons. The smallest absolute Gasteiger partial charge is 0.319 e. The molecule has 0 aliphatic heterocycles. The zero-order chi connectivity index (χ0) is 16.4. The molecule has 0 aromatic carbocycles. The Bertz CT molecular complexity index is 474. The SMILES string of the molecule is COC(=O)CCCCNC(=O)Nc1ccc(OC(C)C)nc1. The van der Waals surface area contributed by atoms with Gasteiger partial charge in [-0.1, -0.05) is 0 Å². The first-order chi connectivity index (χ1) is 10.5. The van der Waals surface area contributed by atoms with Gasteiger partial charge in [0.05, 0.1) is 25.1 Å². The molecule has 1 rings (SSSR count). The van der Waals surface area contributed by atoms with Gasteiger partial charge in [-0.3, -0.25) is 4.79 Å². The summed E-state index contributed by atoms with van der Waals surface area (Å²) in [6.07, 6.45) is 3.34. The van der Waals surface area contributed by atoms with Gasteiger partial charge in [0, 0.05) is 19.0 Å². The quantitative estimate of drug-likeness (QED) is 0.568. The lowest BCUT2D eigenvalue weighted by Crippen LogP contribution is -2.29. The monoisotopic (exact) mass is 309 g/mol. The van der Waals surface area contributed by atoms with Crippen LogP contribution in [-0.4, -0.2) is 36.7 Å². The molecule has 1 aromatic heterocycles. The number of aromatic nitrogens is 1. The molecule has 1 heterocycles. The molecule has 0 aliphatic rings. The van der Waals surface area contributed by atoms with E-state index >= 15 is 0 Å². The van der Waals surface area contributed by atoms with E-state index in [1.807, 2.05) is 13.8 Å². The van der Waals surface area contributed by atoms with E-state index in [4.69, 9.17) is 4.74 Å². The molecule has 7 heteroatoms. The molecule has 0 unspecified atom stereocenters. The van der Waals surface area contributed by atoms with Gasteiger partial charge in [0.25, 0.3) is 0 Å². The highest BCUT2D eigenvalue weighted by Gasteiger charge is 2.04. The molecular formula is C15H23N3O4. The maximum Gasteiger partial charge on any atom is 0.319 e. The Balaban J connectivity index is 2.23. The minimum absolute atomic E-state index is 0.0552. The molecule has 0 atom stereocenters. The van der Waals surface area contributed by atoms with Gasteiger partial charge in [0.2, 0.25) is 5.88 Å². The maximum atomic E-state index is 11.7. The third kappa shape index (κ3) is 7.47. The molecule has 122 valence electrons. The number of ether oxygens (including phenoxy) is 2. The number of hydrogen-bond acceptors (Lipinski definition) is 5. The number of hydrogen-bond donors (Lipinski definition) is 2. The Morgan fingerprint density at radius 3 is 2.64 bits per heavy atom. The summed E-state index contributed by atoms with van der Waals surface area (Å²) < 4.78 is 9.95. The van der Waals surface area contributed by atoms with Crippen LogP contribution in [0.4, 0.5) is 10.5 Å². The second kappa shape index (κ2) is 9.59. The van der Waals surface area contributed by atoms with E-state index < -0.39 is 0 Å². The van der Waals surface area contributed by atoms with E-state index in [9.17, 15) is 9.59 Å². The van der Waals surface area contributed by atoms with Crippen LogP contribution in [0.3, 0.4) is 0 Å². The molecule has 0 spiro atoms. The van der Waals surface area contributed by atoms with Crippen LogP contribution in [0, 0.1) is 0 Å². The highest BCUT2D eigenvalue weighted by Crippen LogP contribution is 2.12. The Kier molecular flexibility index (Phi) is 7.74. The van der Waals surface area contributed by atoms with E-state index in [1.54, 1.807) is 12.1 Å². The molecule has 2 amide bonds. The van der Waals surface area contributed by atoms with Crippen molar-refractivity contribution in [1.82, 2.24) is 10.3 Å². The summed E-state index contributed by atoms with van der Waals surface area (Å²) in [4.78, 5) is 26.7. The first-order valence-electron chi connectivity index (χ1n) is 7.25. The Hall–Kier alpha value is -2.31. The van der Waals surface area contributed by atoms with Crippen LogP contribution < -0.4 is 15.4 Å². The number of unbranched alkanes of at least 4 members (excludes halogenated alkanes) is 1. The van der Waals surface area contributed by atoms with Crippen molar-refractivity contribution in [3.8, 4) is 5.88 Å². The van der Waals surface area contributed by atoms with Crippen molar-refractivity contribution >= 4 is 17.7 Å². The predicted octanol–water partition coefficient (Wildman–Crippen LogP) is 2.33. The third-order valence-corrected chi connectivity index (χ3v) is 2.67. The summed E-state index contributed by atoms with van der Waals surface area (Å²) in [5.41, 5.74) is 0.586. The fourth-order valence-corrected chi connectivity index (χ4v) is 1.64. The topological polar surface area (TPSA) is 89.5 Å². The molecule has 1 aromatic rings. The molecular weight excluding hydrogens is 286 g/mol. The predicted molar refractivity (Wildman–Crippen MR) is 82.9 cm³/mol. The van der Waals surface area contributed by atoms with Gasteiger partial charge < -0.3 is 20.1 Å². The van der Waals surface area contributed by atoms with Crippen LogP contribution in [0.1, 0.15) is 33.1 Å². The molecule has 0 saturated carbocycles. The second-order valence-corrected chi connectivity index (χ2v) is 4.97. The van der Waals surface area contributed by atoms with Crippen molar-refractivity contribution in [3.05, 3.63) is 18.3 Å². The number of anilines is 1. The van der Waals surface area contributed by atoms with Crippen LogP contribution in [0.2, 0.25) is 0 Å². The highest BCUT2D eigenvalue weighted by atomic mass is 16.5. The molecule has 2 N–H and O–H groups in total. The number of nitrogens with zero attached hydrogens (tertiary/aromatic N) is 1. The Morgan fingerprint density at radius 1 is 1.27 bits per heavy atom. The van der Waals surface area contributed by atoms with Gasteiger partial charge in [-0.05, 0) is 32.8 Å². The van der Waals surface area contributed by atoms with Crippen LogP contribution >= 0.6 is 0 Å². The van der Waals surface area contributed by atoms with E-state index in [1.165, 1.54) is 13.3 Å². The third-order valence-electron chi connectivity index (χ3n) is 2.67. The van der Waals surface area contributed by atoms with Gasteiger partial charge in [-0.2, -0.15) is 0 Å². The average molecular weight is 309 g/mol. The Labute approximate surface area is 130 Å². The lowest BCUT2D eigenvalue weighted by molar-refractivity contribution is -0.140. The molecule has 0 bridgehead atoms. The summed E-state index contributed by atoms with van der Waals surface area (Å²) in [7, 11) is 1.36. The minimum Gasteiger partial charge on any atom is -0.475 e. The van der Waals surface area contributed by atoms with Gasteiger partial charge in [0.15, 0.2) is 0 Å². The zero-order valence-corrected chi connectivity index (χ0v) is 13.2. The van der Waals surface area contributed by atoms with Gasteiger partial charge in [-0.25, -0.2) is 9.78 Å².